The third kappa shape index (κ3) is 2.83. The first-order valence-electron chi connectivity index (χ1n) is 5.43. The summed E-state index contributed by atoms with van der Waals surface area (Å²) in [5.74, 6) is 1.13. The average molecular weight is 316 g/mol. The number of hydrogen-bond acceptors (Lipinski definition) is 2. The van der Waals surface area contributed by atoms with Gasteiger partial charge in [-0.25, -0.2) is 4.98 Å². The minimum absolute atomic E-state index is 0.514. The summed E-state index contributed by atoms with van der Waals surface area (Å²) < 4.78 is 1.20. The van der Waals surface area contributed by atoms with Gasteiger partial charge in [0, 0.05) is 22.9 Å². The van der Waals surface area contributed by atoms with Crippen molar-refractivity contribution in [1.29, 1.82) is 0 Å². The van der Waals surface area contributed by atoms with Crippen LogP contribution < -0.4 is 4.90 Å². The zero-order chi connectivity index (χ0) is 10.9. The van der Waals surface area contributed by atoms with Crippen molar-refractivity contribution < 1.29 is 0 Å². The van der Waals surface area contributed by atoms with E-state index in [1.807, 2.05) is 6.20 Å². The number of pyridine rings is 1. The maximum atomic E-state index is 4.47. The van der Waals surface area contributed by atoms with Crippen LogP contribution in [0, 0.1) is 8.99 Å². The molecule has 1 saturated heterocycles. The van der Waals surface area contributed by atoms with Crippen LogP contribution in [0.15, 0.2) is 18.3 Å². The van der Waals surface area contributed by atoms with Gasteiger partial charge >= 0.3 is 0 Å². The summed E-state index contributed by atoms with van der Waals surface area (Å²) in [6.45, 7) is 6.98. The first-order chi connectivity index (χ1) is 7.07. The maximum absolute atomic E-state index is 4.47. The fourth-order valence-electron chi connectivity index (χ4n) is 1.90. The van der Waals surface area contributed by atoms with Gasteiger partial charge in [0.1, 0.15) is 5.82 Å². The van der Waals surface area contributed by atoms with Gasteiger partial charge < -0.3 is 4.90 Å². The molecule has 1 aromatic rings. The van der Waals surface area contributed by atoms with Crippen LogP contribution in [-0.2, 0) is 0 Å². The zero-order valence-corrected chi connectivity index (χ0v) is 11.5. The Labute approximate surface area is 105 Å². The SMILES string of the molecule is CC1(C)CCN(c2ccc(I)cn2)CC1. The van der Waals surface area contributed by atoms with E-state index in [1.54, 1.807) is 0 Å². The van der Waals surface area contributed by atoms with Gasteiger partial charge in [-0.15, -0.1) is 0 Å². The molecule has 15 heavy (non-hydrogen) atoms. The lowest BCUT2D eigenvalue weighted by Gasteiger charge is -2.37. The quantitative estimate of drug-likeness (QED) is 0.739. The Hall–Kier alpha value is -0.320. The number of aromatic nitrogens is 1. The molecule has 0 N–H and O–H groups in total. The second kappa shape index (κ2) is 4.28. The average Bonchev–Trinajstić information content (AvgIpc) is 2.20. The molecule has 1 fully saturated rings. The van der Waals surface area contributed by atoms with E-state index in [1.165, 1.54) is 16.4 Å². The largest absolute Gasteiger partial charge is 0.357 e. The van der Waals surface area contributed by atoms with Crippen molar-refractivity contribution >= 4 is 28.4 Å². The molecule has 1 aliphatic rings. The van der Waals surface area contributed by atoms with E-state index in [0.717, 1.165) is 18.9 Å². The third-order valence-electron chi connectivity index (χ3n) is 3.15. The summed E-state index contributed by atoms with van der Waals surface area (Å²) in [5, 5.41) is 0. The van der Waals surface area contributed by atoms with Crippen LogP contribution in [0.2, 0.25) is 0 Å². The summed E-state index contributed by atoms with van der Waals surface area (Å²) in [7, 11) is 0. The Morgan fingerprint density at radius 2 is 1.93 bits per heavy atom. The van der Waals surface area contributed by atoms with Gasteiger partial charge in [0.25, 0.3) is 0 Å². The molecule has 2 nitrogen and oxygen atoms in total. The van der Waals surface area contributed by atoms with Crippen molar-refractivity contribution in [3.8, 4) is 0 Å². The van der Waals surface area contributed by atoms with E-state index < -0.39 is 0 Å². The molecule has 2 rings (SSSR count). The van der Waals surface area contributed by atoms with Crippen LogP contribution in [0.3, 0.4) is 0 Å². The topological polar surface area (TPSA) is 16.1 Å². The first-order valence-corrected chi connectivity index (χ1v) is 6.51. The van der Waals surface area contributed by atoms with Crippen LogP contribution in [0.1, 0.15) is 26.7 Å². The van der Waals surface area contributed by atoms with E-state index in [2.05, 4.69) is 58.5 Å². The van der Waals surface area contributed by atoms with Crippen LogP contribution in [0.25, 0.3) is 0 Å². The van der Waals surface area contributed by atoms with Crippen LogP contribution in [0.4, 0.5) is 5.82 Å². The molecule has 0 spiro atoms. The predicted octanol–water partition coefficient (Wildman–Crippen LogP) is 3.31. The van der Waals surface area contributed by atoms with E-state index in [4.69, 9.17) is 0 Å². The van der Waals surface area contributed by atoms with Crippen molar-refractivity contribution in [2.24, 2.45) is 5.41 Å². The summed E-state index contributed by atoms with van der Waals surface area (Å²) in [6, 6.07) is 4.25. The molecule has 1 aromatic heterocycles. The minimum Gasteiger partial charge on any atom is -0.357 e. The number of piperidine rings is 1. The second-order valence-corrected chi connectivity index (χ2v) is 6.23. The number of halogens is 1. The third-order valence-corrected chi connectivity index (χ3v) is 3.79. The Bertz CT molecular complexity index is 322. The minimum atomic E-state index is 0.514. The maximum Gasteiger partial charge on any atom is 0.128 e. The molecule has 0 aromatic carbocycles. The molecule has 0 atom stereocenters. The lowest BCUT2D eigenvalue weighted by Crippen LogP contribution is -2.37. The molecular weight excluding hydrogens is 299 g/mol. The van der Waals surface area contributed by atoms with Crippen LogP contribution in [0.5, 0.6) is 0 Å². The van der Waals surface area contributed by atoms with Crippen LogP contribution in [-0.4, -0.2) is 18.1 Å². The zero-order valence-electron chi connectivity index (χ0n) is 9.33. The van der Waals surface area contributed by atoms with Gasteiger partial charge in [-0.05, 0) is 53.0 Å². The molecule has 3 heteroatoms. The summed E-state index contributed by atoms with van der Waals surface area (Å²) in [5.41, 5.74) is 0.514. The van der Waals surface area contributed by atoms with Crippen molar-refractivity contribution in [2.45, 2.75) is 26.7 Å². The second-order valence-electron chi connectivity index (χ2n) is 4.99. The highest BCUT2D eigenvalue weighted by atomic mass is 127. The van der Waals surface area contributed by atoms with E-state index in [9.17, 15) is 0 Å². The van der Waals surface area contributed by atoms with Crippen molar-refractivity contribution in [1.82, 2.24) is 4.98 Å². The van der Waals surface area contributed by atoms with Gasteiger partial charge in [0.05, 0.1) is 0 Å². The van der Waals surface area contributed by atoms with Gasteiger partial charge in [-0.1, -0.05) is 13.8 Å². The van der Waals surface area contributed by atoms with Gasteiger partial charge in [-0.3, -0.25) is 0 Å². The molecule has 2 heterocycles. The fourth-order valence-corrected chi connectivity index (χ4v) is 2.22. The van der Waals surface area contributed by atoms with Gasteiger partial charge in [0.2, 0.25) is 0 Å². The molecule has 0 radical (unpaired) electrons. The van der Waals surface area contributed by atoms with Gasteiger partial charge in [-0.2, -0.15) is 0 Å². The molecule has 1 aliphatic heterocycles. The van der Waals surface area contributed by atoms with Crippen molar-refractivity contribution in [3.63, 3.8) is 0 Å². The number of hydrogen-bond donors (Lipinski definition) is 0. The van der Waals surface area contributed by atoms with E-state index in [0.29, 0.717) is 5.41 Å². The molecule has 0 unspecified atom stereocenters. The summed E-state index contributed by atoms with van der Waals surface area (Å²) in [6.07, 6.45) is 4.47. The molecule has 0 amide bonds. The van der Waals surface area contributed by atoms with E-state index in [-0.39, 0.29) is 0 Å². The highest BCUT2D eigenvalue weighted by Crippen LogP contribution is 2.31. The highest BCUT2D eigenvalue weighted by Gasteiger charge is 2.25. The Morgan fingerprint density at radius 3 is 2.47 bits per heavy atom. The standard InChI is InChI=1S/C12H17IN2/c1-12(2)5-7-15(8-6-12)11-4-3-10(13)9-14-11/h3-4,9H,5-8H2,1-2H3. The van der Waals surface area contributed by atoms with Crippen molar-refractivity contribution in [2.75, 3.05) is 18.0 Å². The fraction of sp³-hybridized carbons (Fsp3) is 0.583. The van der Waals surface area contributed by atoms with E-state index >= 15 is 0 Å². The number of rotatable bonds is 1. The highest BCUT2D eigenvalue weighted by molar-refractivity contribution is 14.1. The number of nitrogens with zero attached hydrogens (tertiary/aromatic N) is 2. The summed E-state index contributed by atoms with van der Waals surface area (Å²) >= 11 is 2.29. The lowest BCUT2D eigenvalue weighted by atomic mass is 9.83. The Balaban J connectivity index is 2.04. The smallest absolute Gasteiger partial charge is 0.128 e. The summed E-state index contributed by atoms with van der Waals surface area (Å²) in [4.78, 5) is 6.86. The first kappa shape index (κ1) is 11.2. The monoisotopic (exact) mass is 316 g/mol. The number of anilines is 1. The molecule has 0 saturated carbocycles. The Kier molecular flexibility index (Phi) is 3.19. The van der Waals surface area contributed by atoms with Crippen molar-refractivity contribution in [3.05, 3.63) is 21.9 Å². The van der Waals surface area contributed by atoms with Gasteiger partial charge in [0.15, 0.2) is 0 Å². The normalized spacial score (nSPS) is 20.3. The Morgan fingerprint density at radius 1 is 1.27 bits per heavy atom. The van der Waals surface area contributed by atoms with Crippen LogP contribution >= 0.6 is 22.6 Å². The lowest BCUT2D eigenvalue weighted by molar-refractivity contribution is 0.279. The molecule has 0 bridgehead atoms. The predicted molar refractivity (Wildman–Crippen MR) is 72.2 cm³/mol. The molecule has 82 valence electrons. The molecular formula is C12H17IN2. The molecule has 0 aliphatic carbocycles.